The van der Waals surface area contributed by atoms with E-state index in [-0.39, 0.29) is 24.0 Å². The zero-order valence-corrected chi connectivity index (χ0v) is 14.3. The number of rotatable bonds is 3. The van der Waals surface area contributed by atoms with Crippen molar-refractivity contribution in [2.24, 2.45) is 5.92 Å². The summed E-state index contributed by atoms with van der Waals surface area (Å²) in [6.45, 7) is 3.56. The lowest BCUT2D eigenvalue weighted by atomic mass is 9.81. The van der Waals surface area contributed by atoms with Gasteiger partial charge in [0, 0.05) is 49.0 Å². The molecule has 2 fully saturated rings. The van der Waals surface area contributed by atoms with Crippen LogP contribution in [0.5, 0.6) is 0 Å². The topological polar surface area (TPSA) is 66.8 Å². The molecule has 2 aliphatic heterocycles. The lowest BCUT2D eigenvalue weighted by Crippen LogP contribution is -2.46. The Morgan fingerprint density at radius 1 is 1.31 bits per heavy atom. The first-order chi connectivity index (χ1) is 12.5. The molecule has 2 saturated heterocycles. The first-order valence-corrected chi connectivity index (χ1v) is 8.75. The van der Waals surface area contributed by atoms with E-state index in [2.05, 4.69) is 26.3 Å². The number of hydrogen-bond acceptors (Lipinski definition) is 5. The van der Waals surface area contributed by atoms with Gasteiger partial charge in [-0.1, -0.05) is 0 Å². The van der Waals surface area contributed by atoms with Crippen molar-refractivity contribution in [3.63, 3.8) is 0 Å². The SMILES string of the molecule is CCn1cc(C2CC3C(CN2)NNC3c2cc(C(F)(F)F)ccn2)cn1. The van der Waals surface area contributed by atoms with Crippen LogP contribution in [0.3, 0.4) is 0 Å². The molecule has 0 amide bonds. The number of halogens is 3. The molecular formula is C17H21F3N6. The minimum absolute atomic E-state index is 0.131. The molecule has 0 saturated carbocycles. The number of alkyl halides is 3. The average Bonchev–Trinajstić information content (AvgIpc) is 3.27. The Balaban J connectivity index is 1.56. The van der Waals surface area contributed by atoms with Crippen molar-refractivity contribution in [3.8, 4) is 0 Å². The van der Waals surface area contributed by atoms with Crippen LogP contribution in [0.25, 0.3) is 0 Å². The fourth-order valence-corrected chi connectivity index (χ4v) is 3.85. The Labute approximate surface area is 149 Å². The quantitative estimate of drug-likeness (QED) is 0.777. The highest BCUT2D eigenvalue weighted by Gasteiger charge is 2.42. The van der Waals surface area contributed by atoms with Crippen LogP contribution >= 0.6 is 0 Å². The van der Waals surface area contributed by atoms with Crippen LogP contribution in [0.15, 0.2) is 30.7 Å². The second-order valence-corrected chi connectivity index (χ2v) is 6.83. The molecule has 3 N–H and O–H groups in total. The van der Waals surface area contributed by atoms with Gasteiger partial charge < -0.3 is 5.32 Å². The molecule has 2 aliphatic rings. The van der Waals surface area contributed by atoms with E-state index in [9.17, 15) is 13.2 Å². The number of aromatic nitrogens is 3. The second kappa shape index (κ2) is 6.64. The molecule has 4 rings (SSSR count). The number of pyridine rings is 1. The van der Waals surface area contributed by atoms with Crippen molar-refractivity contribution in [2.75, 3.05) is 6.54 Å². The summed E-state index contributed by atoms with van der Waals surface area (Å²) in [4.78, 5) is 4.20. The first kappa shape index (κ1) is 17.4. The molecule has 140 valence electrons. The van der Waals surface area contributed by atoms with Crippen molar-refractivity contribution < 1.29 is 13.2 Å². The van der Waals surface area contributed by atoms with Gasteiger partial charge in [0.2, 0.25) is 0 Å². The standard InChI is InChI=1S/C17H21F3N6/c1-2-26-9-10(7-23-26)13-6-12-15(8-22-13)24-25-16(12)14-5-11(3-4-21-14)17(18,19)20/h3-5,7,9,12-13,15-16,22,24-25H,2,6,8H2,1H3. The monoisotopic (exact) mass is 366 g/mol. The first-order valence-electron chi connectivity index (χ1n) is 8.75. The van der Waals surface area contributed by atoms with E-state index in [0.717, 1.165) is 37.2 Å². The Morgan fingerprint density at radius 3 is 2.88 bits per heavy atom. The van der Waals surface area contributed by atoms with E-state index in [1.807, 2.05) is 24.0 Å². The minimum atomic E-state index is -4.37. The molecule has 4 heterocycles. The van der Waals surface area contributed by atoms with E-state index in [1.165, 1.54) is 6.20 Å². The molecule has 0 aliphatic carbocycles. The third-order valence-electron chi connectivity index (χ3n) is 5.27. The Kier molecular flexibility index (Phi) is 4.45. The normalized spacial score (nSPS) is 28.9. The van der Waals surface area contributed by atoms with Crippen LogP contribution in [0, 0.1) is 5.92 Å². The number of hydrazine groups is 1. The highest BCUT2D eigenvalue weighted by molar-refractivity contribution is 5.24. The van der Waals surface area contributed by atoms with Gasteiger partial charge in [0.25, 0.3) is 0 Å². The molecule has 2 aromatic rings. The predicted molar refractivity (Wildman–Crippen MR) is 88.8 cm³/mol. The van der Waals surface area contributed by atoms with Crippen molar-refractivity contribution in [1.82, 2.24) is 30.9 Å². The number of hydrogen-bond donors (Lipinski definition) is 3. The van der Waals surface area contributed by atoms with Crippen LogP contribution in [-0.4, -0.2) is 27.4 Å². The maximum atomic E-state index is 13.0. The molecule has 0 bridgehead atoms. The Hall–Kier alpha value is -1.97. The summed E-state index contributed by atoms with van der Waals surface area (Å²) >= 11 is 0. The van der Waals surface area contributed by atoms with Gasteiger partial charge in [-0.25, -0.2) is 5.43 Å². The summed E-state index contributed by atoms with van der Waals surface area (Å²) in [5.74, 6) is 0.141. The van der Waals surface area contributed by atoms with Crippen molar-refractivity contribution in [3.05, 3.63) is 47.5 Å². The van der Waals surface area contributed by atoms with Crippen LogP contribution in [0.1, 0.15) is 42.2 Å². The van der Waals surface area contributed by atoms with Crippen molar-refractivity contribution in [1.29, 1.82) is 0 Å². The number of piperidine rings is 1. The highest BCUT2D eigenvalue weighted by Crippen LogP contribution is 2.39. The summed E-state index contributed by atoms with van der Waals surface area (Å²) in [6, 6.07) is 2.18. The van der Waals surface area contributed by atoms with E-state index >= 15 is 0 Å². The van der Waals surface area contributed by atoms with E-state index in [0.29, 0.717) is 5.69 Å². The van der Waals surface area contributed by atoms with Gasteiger partial charge in [-0.15, -0.1) is 0 Å². The van der Waals surface area contributed by atoms with E-state index < -0.39 is 11.7 Å². The van der Waals surface area contributed by atoms with Gasteiger partial charge in [0.1, 0.15) is 0 Å². The number of nitrogens with zero attached hydrogens (tertiary/aromatic N) is 3. The molecule has 4 atom stereocenters. The molecule has 0 spiro atoms. The van der Waals surface area contributed by atoms with Crippen LogP contribution in [-0.2, 0) is 12.7 Å². The molecule has 6 nitrogen and oxygen atoms in total. The maximum Gasteiger partial charge on any atom is 0.416 e. The summed E-state index contributed by atoms with van der Waals surface area (Å²) in [5.41, 5.74) is 7.20. The number of fused-ring (bicyclic) bond motifs is 1. The van der Waals surface area contributed by atoms with E-state index in [1.54, 1.807) is 0 Å². The molecule has 2 aromatic heterocycles. The average molecular weight is 366 g/mol. The zero-order chi connectivity index (χ0) is 18.3. The minimum Gasteiger partial charge on any atom is -0.308 e. The van der Waals surface area contributed by atoms with Gasteiger partial charge in [-0.05, 0) is 25.5 Å². The van der Waals surface area contributed by atoms with Crippen molar-refractivity contribution >= 4 is 0 Å². The van der Waals surface area contributed by atoms with Crippen LogP contribution < -0.4 is 16.2 Å². The summed E-state index contributed by atoms with van der Waals surface area (Å²) in [7, 11) is 0. The van der Waals surface area contributed by atoms with Crippen LogP contribution in [0.2, 0.25) is 0 Å². The third-order valence-corrected chi connectivity index (χ3v) is 5.27. The maximum absolute atomic E-state index is 13.0. The summed E-state index contributed by atoms with van der Waals surface area (Å²) in [5, 5.41) is 7.81. The largest absolute Gasteiger partial charge is 0.416 e. The zero-order valence-electron chi connectivity index (χ0n) is 14.3. The fraction of sp³-hybridized carbons (Fsp3) is 0.529. The Bertz CT molecular complexity index is 774. The lowest BCUT2D eigenvalue weighted by Gasteiger charge is -2.33. The third kappa shape index (κ3) is 3.22. The molecule has 0 radical (unpaired) electrons. The molecular weight excluding hydrogens is 345 g/mol. The molecule has 0 aromatic carbocycles. The predicted octanol–water partition coefficient (Wildman–Crippen LogP) is 2.19. The molecule has 26 heavy (non-hydrogen) atoms. The number of nitrogens with one attached hydrogen (secondary N) is 3. The fourth-order valence-electron chi connectivity index (χ4n) is 3.85. The molecule has 4 unspecified atom stereocenters. The van der Waals surface area contributed by atoms with Gasteiger partial charge in [-0.2, -0.15) is 18.3 Å². The van der Waals surface area contributed by atoms with Crippen molar-refractivity contribution in [2.45, 2.75) is 44.2 Å². The number of aryl methyl sites for hydroxylation is 1. The van der Waals surface area contributed by atoms with E-state index in [4.69, 9.17) is 0 Å². The van der Waals surface area contributed by atoms with Gasteiger partial charge >= 0.3 is 6.18 Å². The highest BCUT2D eigenvalue weighted by atomic mass is 19.4. The molecule has 9 heteroatoms. The second-order valence-electron chi connectivity index (χ2n) is 6.83. The van der Waals surface area contributed by atoms with Gasteiger partial charge in [-0.3, -0.25) is 15.1 Å². The van der Waals surface area contributed by atoms with Crippen LogP contribution in [0.4, 0.5) is 13.2 Å². The lowest BCUT2D eigenvalue weighted by molar-refractivity contribution is -0.137. The summed E-state index contributed by atoms with van der Waals surface area (Å²) in [6.07, 6.45) is 1.54. The smallest absolute Gasteiger partial charge is 0.308 e. The van der Waals surface area contributed by atoms with Gasteiger partial charge in [0.05, 0.1) is 23.5 Å². The Morgan fingerprint density at radius 2 is 2.15 bits per heavy atom. The summed E-state index contributed by atoms with van der Waals surface area (Å²) < 4.78 is 40.9. The van der Waals surface area contributed by atoms with Gasteiger partial charge in [0.15, 0.2) is 0 Å².